The molecule has 36 heavy (non-hydrogen) atoms. The zero-order valence-electron chi connectivity index (χ0n) is 20.2. The van der Waals surface area contributed by atoms with Gasteiger partial charge in [-0.15, -0.1) is 0 Å². The molecule has 3 aromatic rings. The maximum Gasteiger partial charge on any atom is 0.266 e. The molecule has 0 fully saturated rings. The Kier molecular flexibility index (Phi) is 9.17. The summed E-state index contributed by atoms with van der Waals surface area (Å²) in [5.74, 6) is -0.332. The Morgan fingerprint density at radius 2 is 1.81 bits per heavy atom. The minimum Gasteiger partial charge on any atom is -0.379 e. The van der Waals surface area contributed by atoms with Gasteiger partial charge < -0.3 is 14.4 Å². The summed E-state index contributed by atoms with van der Waals surface area (Å²) in [6.07, 6.45) is 8.09. The fourth-order valence-electron chi connectivity index (χ4n) is 4.02. The van der Waals surface area contributed by atoms with Gasteiger partial charge in [-0.25, -0.2) is 0 Å². The third-order valence-corrected chi connectivity index (χ3v) is 7.56. The predicted molar refractivity (Wildman–Crippen MR) is 145 cm³/mol. The molecule has 0 saturated carbocycles. The lowest BCUT2D eigenvalue weighted by Gasteiger charge is -2.19. The Morgan fingerprint density at radius 1 is 1.03 bits per heavy atom. The van der Waals surface area contributed by atoms with Crippen molar-refractivity contribution in [1.82, 2.24) is 0 Å². The van der Waals surface area contributed by atoms with Crippen LogP contribution >= 0.6 is 11.8 Å². The molecule has 0 atom stereocenters. The Balaban J connectivity index is 1.51. The number of allylic oxidation sites excluding steroid dienone is 2. The second-order valence-corrected chi connectivity index (χ2v) is 10.8. The molecule has 9 heteroatoms. The maximum atomic E-state index is 11.4. The van der Waals surface area contributed by atoms with E-state index in [1.165, 1.54) is 0 Å². The molecule has 0 radical (unpaired) electrons. The molecule has 0 saturated heterocycles. The highest BCUT2D eigenvalue weighted by molar-refractivity contribution is 8.03. The third-order valence-electron chi connectivity index (χ3n) is 5.74. The largest absolute Gasteiger partial charge is 0.379 e. The van der Waals surface area contributed by atoms with Crippen LogP contribution in [0.25, 0.3) is 17.0 Å². The van der Waals surface area contributed by atoms with E-state index < -0.39 is 10.1 Å². The van der Waals surface area contributed by atoms with E-state index in [1.54, 1.807) is 11.8 Å². The van der Waals surface area contributed by atoms with Gasteiger partial charge in [-0.05, 0) is 36.8 Å². The summed E-state index contributed by atoms with van der Waals surface area (Å²) >= 11 is 1.58. The van der Waals surface area contributed by atoms with Crippen LogP contribution in [0.3, 0.4) is 0 Å². The lowest BCUT2D eigenvalue weighted by Crippen LogP contribution is -2.36. The zero-order valence-corrected chi connectivity index (χ0v) is 21.9. The van der Waals surface area contributed by atoms with Crippen molar-refractivity contribution in [3.8, 4) is 0 Å². The SMILES string of the molecule is CCOCCOCC[n+]1ccc(/C=C/C=C2\Sc3ccccc3N2CCS(=O)(=O)O)c2ccccc21. The highest BCUT2D eigenvalue weighted by Gasteiger charge is 2.25. The first-order valence-corrected chi connectivity index (χ1v) is 14.3. The molecule has 2 heterocycles. The van der Waals surface area contributed by atoms with Crippen molar-refractivity contribution in [1.29, 1.82) is 0 Å². The number of nitrogens with zero attached hydrogens (tertiary/aromatic N) is 2. The lowest BCUT2D eigenvalue weighted by molar-refractivity contribution is -0.673. The molecule has 0 amide bonds. The van der Waals surface area contributed by atoms with Crippen LogP contribution in [0.5, 0.6) is 0 Å². The van der Waals surface area contributed by atoms with Gasteiger partial charge in [0.1, 0.15) is 6.61 Å². The van der Waals surface area contributed by atoms with Gasteiger partial charge in [0.25, 0.3) is 10.1 Å². The number of rotatable bonds is 12. The monoisotopic (exact) mass is 527 g/mol. The van der Waals surface area contributed by atoms with Crippen LogP contribution in [0.4, 0.5) is 5.69 Å². The molecule has 1 N–H and O–H groups in total. The number of fused-ring (bicyclic) bond motifs is 2. The van der Waals surface area contributed by atoms with Gasteiger partial charge in [-0.2, -0.15) is 13.0 Å². The van der Waals surface area contributed by atoms with Gasteiger partial charge >= 0.3 is 0 Å². The van der Waals surface area contributed by atoms with Gasteiger partial charge in [0.2, 0.25) is 5.52 Å². The first-order valence-electron chi connectivity index (χ1n) is 11.9. The number of pyridine rings is 1. The molecular weight excluding hydrogens is 496 g/mol. The number of hydrogen-bond acceptors (Lipinski definition) is 6. The number of benzene rings is 2. The predicted octanol–water partition coefficient (Wildman–Crippen LogP) is 4.54. The third kappa shape index (κ3) is 6.96. The molecule has 2 aromatic carbocycles. The van der Waals surface area contributed by atoms with E-state index in [0.29, 0.717) is 26.4 Å². The number of anilines is 1. The summed E-state index contributed by atoms with van der Waals surface area (Å²) in [7, 11) is -4.06. The zero-order chi connectivity index (χ0) is 25.4. The topological polar surface area (TPSA) is 80.0 Å². The summed E-state index contributed by atoms with van der Waals surface area (Å²) in [5.41, 5.74) is 3.15. The van der Waals surface area contributed by atoms with Crippen LogP contribution in [0.15, 0.2) is 82.9 Å². The number of aromatic nitrogens is 1. The summed E-state index contributed by atoms with van der Waals surface area (Å²) in [6, 6.07) is 18.2. The van der Waals surface area contributed by atoms with E-state index in [1.807, 2.05) is 60.4 Å². The molecule has 1 aromatic heterocycles. The molecule has 1 aliphatic heterocycles. The first kappa shape index (κ1) is 26.4. The molecule has 4 rings (SSSR count). The van der Waals surface area contributed by atoms with Gasteiger partial charge in [0.05, 0.1) is 35.1 Å². The molecule has 190 valence electrons. The minimum atomic E-state index is -4.06. The summed E-state index contributed by atoms with van der Waals surface area (Å²) in [5, 5.41) is 2.05. The van der Waals surface area contributed by atoms with E-state index >= 15 is 0 Å². The quantitative estimate of drug-likeness (QED) is 0.211. The van der Waals surface area contributed by atoms with Crippen LogP contribution in [-0.2, 0) is 26.1 Å². The van der Waals surface area contributed by atoms with Crippen molar-refractivity contribution in [2.24, 2.45) is 0 Å². The lowest BCUT2D eigenvalue weighted by atomic mass is 10.1. The first-order chi connectivity index (χ1) is 17.5. The van der Waals surface area contributed by atoms with E-state index in [4.69, 9.17) is 9.47 Å². The van der Waals surface area contributed by atoms with Gasteiger partial charge in [-0.3, -0.25) is 4.55 Å². The fourth-order valence-corrected chi connectivity index (χ4v) is 5.54. The van der Waals surface area contributed by atoms with E-state index in [9.17, 15) is 13.0 Å². The van der Waals surface area contributed by atoms with Crippen LogP contribution in [0.1, 0.15) is 12.5 Å². The Hall–Kier alpha value is -2.69. The molecule has 7 nitrogen and oxygen atoms in total. The number of ether oxygens (including phenoxy) is 2. The average molecular weight is 528 g/mol. The summed E-state index contributed by atoms with van der Waals surface area (Å²) < 4.78 is 45.2. The maximum absolute atomic E-state index is 11.4. The van der Waals surface area contributed by atoms with Crippen LogP contribution < -0.4 is 9.47 Å². The van der Waals surface area contributed by atoms with E-state index in [2.05, 4.69) is 35.0 Å². The molecule has 0 bridgehead atoms. The van der Waals surface area contributed by atoms with Crippen LogP contribution in [0.2, 0.25) is 0 Å². The van der Waals surface area contributed by atoms with Crippen LogP contribution in [0, 0.1) is 0 Å². The summed E-state index contributed by atoms with van der Waals surface area (Å²) in [4.78, 5) is 2.99. The van der Waals surface area contributed by atoms with Gasteiger partial charge in [0, 0.05) is 30.2 Å². The average Bonchev–Trinajstić information content (AvgIpc) is 3.22. The fraction of sp³-hybridized carbons (Fsp3) is 0.296. The number of para-hydroxylation sites is 2. The normalized spacial score (nSPS) is 14.8. The molecule has 0 spiro atoms. The second kappa shape index (κ2) is 12.5. The van der Waals surface area contributed by atoms with Crippen molar-refractivity contribution in [2.75, 3.05) is 43.6 Å². The molecule has 0 unspecified atom stereocenters. The molecule has 0 aliphatic carbocycles. The van der Waals surface area contributed by atoms with Crippen molar-refractivity contribution in [3.05, 3.63) is 83.5 Å². The van der Waals surface area contributed by atoms with E-state index in [-0.39, 0.29) is 12.3 Å². The Labute approximate surface area is 216 Å². The van der Waals surface area contributed by atoms with Crippen molar-refractivity contribution in [3.63, 3.8) is 0 Å². The Bertz CT molecular complexity index is 1360. The Morgan fingerprint density at radius 3 is 2.64 bits per heavy atom. The highest BCUT2D eigenvalue weighted by Crippen LogP contribution is 2.45. The van der Waals surface area contributed by atoms with Crippen molar-refractivity contribution >= 4 is 44.5 Å². The number of hydrogen-bond donors (Lipinski definition) is 1. The van der Waals surface area contributed by atoms with E-state index in [0.717, 1.165) is 38.6 Å². The van der Waals surface area contributed by atoms with Gasteiger partial charge in [0.15, 0.2) is 12.7 Å². The smallest absolute Gasteiger partial charge is 0.266 e. The second-order valence-electron chi connectivity index (χ2n) is 8.16. The minimum absolute atomic E-state index is 0.184. The van der Waals surface area contributed by atoms with Crippen molar-refractivity contribution < 1.29 is 27.0 Å². The molecular formula is C27H31N2O5S2+. The van der Waals surface area contributed by atoms with Crippen molar-refractivity contribution in [2.45, 2.75) is 18.4 Å². The highest BCUT2D eigenvalue weighted by atomic mass is 32.2. The van der Waals surface area contributed by atoms with Gasteiger partial charge in [-0.1, -0.05) is 48.2 Å². The van der Waals surface area contributed by atoms with Crippen LogP contribution in [-0.4, -0.2) is 51.7 Å². The standard InChI is InChI=1S/C27H30N2O5S2/c1-2-33-19-20-34-18-16-28-15-14-22(23-9-3-4-10-24(23)28)8-7-13-27-29(17-21-36(30,31)32)25-11-5-6-12-26(25)35-27/h3-15H,2,16-21H2,1H3/p+1. The summed E-state index contributed by atoms with van der Waals surface area (Å²) in [6.45, 7) is 5.41. The molecule has 1 aliphatic rings. The number of thioether (sulfide) groups is 1.